The van der Waals surface area contributed by atoms with Gasteiger partial charge in [0.05, 0.1) is 10.9 Å². The number of fused-ring (bicyclic) bond motifs is 1. The van der Waals surface area contributed by atoms with Crippen LogP contribution in [0.5, 0.6) is 0 Å². The van der Waals surface area contributed by atoms with Gasteiger partial charge in [0.1, 0.15) is 12.4 Å². The molecule has 134 valence electrons. The lowest BCUT2D eigenvalue weighted by molar-refractivity contribution is -0.122. The molecule has 0 radical (unpaired) electrons. The molecule has 0 bridgehead atoms. The van der Waals surface area contributed by atoms with Crippen molar-refractivity contribution in [2.75, 3.05) is 0 Å². The minimum Gasteiger partial charge on any atom is -0.352 e. The van der Waals surface area contributed by atoms with Gasteiger partial charge < -0.3 is 5.32 Å². The van der Waals surface area contributed by atoms with Gasteiger partial charge in [0, 0.05) is 6.04 Å². The summed E-state index contributed by atoms with van der Waals surface area (Å²) in [6.07, 6.45) is 1.75. The third-order valence-electron chi connectivity index (χ3n) is 4.47. The number of hydrogen-bond donors (Lipinski definition) is 1. The minimum atomic E-state index is -0.180. The Hall–Kier alpha value is -2.95. The second-order valence-corrected chi connectivity index (χ2v) is 6.56. The summed E-state index contributed by atoms with van der Waals surface area (Å²) in [5, 5.41) is 3.51. The number of carbonyl (C=O) groups is 1. The normalized spacial score (nSPS) is 12.1. The van der Waals surface area contributed by atoms with E-state index in [0.29, 0.717) is 16.7 Å². The lowest BCUT2D eigenvalue weighted by atomic mass is 10.1. The molecule has 2 aromatic carbocycles. The molecule has 0 aliphatic heterocycles. The molecule has 1 N–H and O–H groups in total. The average Bonchev–Trinajstić information content (AvgIpc) is 2.64. The van der Waals surface area contributed by atoms with Crippen molar-refractivity contribution in [3.05, 3.63) is 76.3 Å². The van der Waals surface area contributed by atoms with E-state index in [0.717, 1.165) is 12.8 Å². The maximum atomic E-state index is 12.6. The van der Waals surface area contributed by atoms with E-state index in [2.05, 4.69) is 22.4 Å². The van der Waals surface area contributed by atoms with Crippen molar-refractivity contribution in [1.82, 2.24) is 14.9 Å². The molecule has 0 fully saturated rings. The zero-order valence-electron chi connectivity index (χ0n) is 15.1. The van der Waals surface area contributed by atoms with E-state index in [-0.39, 0.29) is 24.1 Å². The van der Waals surface area contributed by atoms with Crippen molar-refractivity contribution in [3.63, 3.8) is 0 Å². The summed E-state index contributed by atoms with van der Waals surface area (Å²) in [7, 11) is 0. The Bertz CT molecular complexity index is 964. The standard InChI is InChI=1S/C21H23N3O2/c1-15(12-13-17-8-4-3-5-9-17)22-20(25)14-24-16(2)23-19-11-7-6-10-18(19)21(24)26/h3-11,15H,12-14H2,1-2H3,(H,22,25)/t15-/m1/s1. The number of nitrogens with one attached hydrogen (secondary N) is 1. The summed E-state index contributed by atoms with van der Waals surface area (Å²) in [5.74, 6) is 0.369. The van der Waals surface area contributed by atoms with E-state index < -0.39 is 0 Å². The van der Waals surface area contributed by atoms with E-state index in [9.17, 15) is 9.59 Å². The highest BCUT2D eigenvalue weighted by Crippen LogP contribution is 2.08. The van der Waals surface area contributed by atoms with Crippen LogP contribution in [0.1, 0.15) is 24.7 Å². The van der Waals surface area contributed by atoms with Crippen LogP contribution in [0.25, 0.3) is 10.9 Å². The van der Waals surface area contributed by atoms with Gasteiger partial charge in [0.25, 0.3) is 5.56 Å². The number of aromatic nitrogens is 2. The molecule has 3 aromatic rings. The Kier molecular flexibility index (Phi) is 5.46. The van der Waals surface area contributed by atoms with Crippen molar-refractivity contribution in [1.29, 1.82) is 0 Å². The number of amides is 1. The molecule has 26 heavy (non-hydrogen) atoms. The largest absolute Gasteiger partial charge is 0.352 e. The van der Waals surface area contributed by atoms with Gasteiger partial charge >= 0.3 is 0 Å². The molecule has 0 saturated heterocycles. The second kappa shape index (κ2) is 7.95. The molecule has 0 saturated carbocycles. The van der Waals surface area contributed by atoms with Gasteiger partial charge in [-0.05, 0) is 44.4 Å². The topological polar surface area (TPSA) is 64.0 Å². The summed E-state index contributed by atoms with van der Waals surface area (Å²) < 4.78 is 1.43. The average molecular weight is 349 g/mol. The van der Waals surface area contributed by atoms with Crippen LogP contribution in [-0.4, -0.2) is 21.5 Å². The van der Waals surface area contributed by atoms with Crippen LogP contribution >= 0.6 is 0 Å². The molecule has 1 atom stereocenters. The first-order valence-electron chi connectivity index (χ1n) is 8.84. The number of benzene rings is 2. The Morgan fingerprint density at radius 1 is 1.12 bits per heavy atom. The molecule has 0 spiro atoms. The first-order chi connectivity index (χ1) is 12.5. The van der Waals surface area contributed by atoms with E-state index in [1.807, 2.05) is 31.2 Å². The van der Waals surface area contributed by atoms with Gasteiger partial charge in [-0.3, -0.25) is 14.2 Å². The molecule has 1 aromatic heterocycles. The van der Waals surface area contributed by atoms with Crippen LogP contribution in [0.3, 0.4) is 0 Å². The van der Waals surface area contributed by atoms with E-state index in [1.165, 1.54) is 10.1 Å². The fourth-order valence-corrected chi connectivity index (χ4v) is 3.03. The van der Waals surface area contributed by atoms with E-state index in [4.69, 9.17) is 0 Å². The van der Waals surface area contributed by atoms with Crippen LogP contribution in [0.4, 0.5) is 0 Å². The van der Waals surface area contributed by atoms with Crippen LogP contribution < -0.4 is 10.9 Å². The molecule has 3 rings (SSSR count). The van der Waals surface area contributed by atoms with Gasteiger partial charge in [-0.25, -0.2) is 4.98 Å². The smallest absolute Gasteiger partial charge is 0.261 e. The molecule has 5 heteroatoms. The maximum absolute atomic E-state index is 12.6. The Morgan fingerprint density at radius 2 is 1.81 bits per heavy atom. The molecule has 5 nitrogen and oxygen atoms in total. The third-order valence-corrected chi connectivity index (χ3v) is 4.47. The van der Waals surface area contributed by atoms with Crippen molar-refractivity contribution >= 4 is 16.8 Å². The number of hydrogen-bond acceptors (Lipinski definition) is 3. The van der Waals surface area contributed by atoms with Crippen molar-refractivity contribution in [3.8, 4) is 0 Å². The molecular weight excluding hydrogens is 326 g/mol. The zero-order valence-corrected chi connectivity index (χ0v) is 15.1. The van der Waals surface area contributed by atoms with E-state index >= 15 is 0 Å². The number of para-hydroxylation sites is 1. The van der Waals surface area contributed by atoms with Gasteiger partial charge in [-0.2, -0.15) is 0 Å². The summed E-state index contributed by atoms with van der Waals surface area (Å²) in [5.41, 5.74) is 1.72. The quantitative estimate of drug-likeness (QED) is 0.744. The van der Waals surface area contributed by atoms with Crippen molar-refractivity contribution in [2.24, 2.45) is 0 Å². The highest BCUT2D eigenvalue weighted by Gasteiger charge is 2.13. The van der Waals surface area contributed by atoms with Gasteiger partial charge in [-0.1, -0.05) is 42.5 Å². The number of rotatable bonds is 6. The summed E-state index contributed by atoms with van der Waals surface area (Å²) in [6.45, 7) is 3.72. The summed E-state index contributed by atoms with van der Waals surface area (Å²) in [4.78, 5) is 29.4. The molecule has 0 aliphatic rings. The monoisotopic (exact) mass is 349 g/mol. The highest BCUT2D eigenvalue weighted by atomic mass is 16.2. The lowest BCUT2D eigenvalue weighted by Crippen LogP contribution is -2.38. The fourth-order valence-electron chi connectivity index (χ4n) is 3.03. The molecule has 1 amide bonds. The Morgan fingerprint density at radius 3 is 2.58 bits per heavy atom. The zero-order chi connectivity index (χ0) is 18.5. The predicted octanol–water partition coefficient (Wildman–Crippen LogP) is 2.84. The molecule has 1 heterocycles. The highest BCUT2D eigenvalue weighted by molar-refractivity contribution is 5.79. The fraction of sp³-hybridized carbons (Fsp3) is 0.286. The van der Waals surface area contributed by atoms with Crippen molar-refractivity contribution in [2.45, 2.75) is 39.3 Å². The lowest BCUT2D eigenvalue weighted by Gasteiger charge is -2.16. The molecule has 0 unspecified atom stereocenters. The molecule has 0 aliphatic carbocycles. The van der Waals surface area contributed by atoms with Crippen LogP contribution in [-0.2, 0) is 17.8 Å². The summed E-state index contributed by atoms with van der Waals surface area (Å²) >= 11 is 0. The van der Waals surface area contributed by atoms with Gasteiger partial charge in [0.2, 0.25) is 5.91 Å². The molecular formula is C21H23N3O2. The van der Waals surface area contributed by atoms with Gasteiger partial charge in [-0.15, -0.1) is 0 Å². The predicted molar refractivity (Wildman–Crippen MR) is 103 cm³/mol. The van der Waals surface area contributed by atoms with Crippen LogP contribution in [0.2, 0.25) is 0 Å². The van der Waals surface area contributed by atoms with E-state index in [1.54, 1.807) is 25.1 Å². The second-order valence-electron chi connectivity index (χ2n) is 6.56. The third kappa shape index (κ3) is 4.17. The Balaban J connectivity index is 1.64. The minimum absolute atomic E-state index is 0.0157. The van der Waals surface area contributed by atoms with Crippen molar-refractivity contribution < 1.29 is 4.79 Å². The van der Waals surface area contributed by atoms with Gasteiger partial charge in [0.15, 0.2) is 0 Å². The number of nitrogens with zero attached hydrogens (tertiary/aromatic N) is 2. The number of aryl methyl sites for hydroxylation is 2. The first kappa shape index (κ1) is 17.9. The number of carbonyl (C=O) groups excluding carboxylic acids is 1. The van der Waals surface area contributed by atoms with Crippen LogP contribution in [0.15, 0.2) is 59.4 Å². The Labute approximate surface area is 152 Å². The first-order valence-corrected chi connectivity index (χ1v) is 8.84. The SMILES string of the molecule is Cc1nc2ccccc2c(=O)n1CC(=O)N[C@H](C)CCc1ccccc1. The maximum Gasteiger partial charge on any atom is 0.261 e. The summed E-state index contributed by atoms with van der Waals surface area (Å²) in [6, 6.07) is 17.4. The van der Waals surface area contributed by atoms with Crippen LogP contribution in [0, 0.1) is 6.92 Å².